The average Bonchev–Trinajstić information content (AvgIpc) is 3.25. The zero-order chi connectivity index (χ0) is 15.5. The lowest BCUT2D eigenvalue weighted by Gasteiger charge is -2.24. The van der Waals surface area contributed by atoms with E-state index in [0.29, 0.717) is 30.4 Å². The fourth-order valence-electron chi connectivity index (χ4n) is 2.46. The van der Waals surface area contributed by atoms with Gasteiger partial charge in [0.05, 0.1) is 5.56 Å². The first-order chi connectivity index (χ1) is 9.95. The molecule has 0 spiro atoms. The lowest BCUT2D eigenvalue weighted by atomic mass is 10.0. The first-order valence-corrected chi connectivity index (χ1v) is 7.64. The van der Waals surface area contributed by atoms with E-state index < -0.39 is 11.7 Å². The molecule has 1 saturated carbocycles. The maximum Gasteiger partial charge on any atom is 0.416 e. The second-order valence-electron chi connectivity index (χ2n) is 5.57. The van der Waals surface area contributed by atoms with E-state index in [1.807, 2.05) is 18.7 Å². The van der Waals surface area contributed by atoms with Crippen LogP contribution in [0.2, 0.25) is 0 Å². The van der Waals surface area contributed by atoms with Crippen molar-refractivity contribution in [3.05, 3.63) is 29.3 Å². The van der Waals surface area contributed by atoms with Crippen LogP contribution in [0, 0.1) is 0 Å². The number of nitrogens with zero attached hydrogens (tertiary/aromatic N) is 1. The molecule has 0 bridgehead atoms. The Balaban J connectivity index is 2.24. The van der Waals surface area contributed by atoms with Crippen molar-refractivity contribution >= 4 is 5.69 Å². The van der Waals surface area contributed by atoms with Gasteiger partial charge in [0.1, 0.15) is 0 Å². The molecule has 0 atom stereocenters. The first-order valence-electron chi connectivity index (χ1n) is 7.64. The fraction of sp³-hybridized carbons (Fsp3) is 0.625. The van der Waals surface area contributed by atoms with Crippen molar-refractivity contribution in [1.82, 2.24) is 5.32 Å². The van der Waals surface area contributed by atoms with Crippen molar-refractivity contribution < 1.29 is 13.2 Å². The lowest BCUT2D eigenvalue weighted by Crippen LogP contribution is -2.25. The van der Waals surface area contributed by atoms with Crippen LogP contribution in [-0.2, 0) is 12.7 Å². The van der Waals surface area contributed by atoms with E-state index in [1.54, 1.807) is 12.1 Å². The second kappa shape index (κ2) is 6.69. The molecule has 0 saturated heterocycles. The zero-order valence-electron chi connectivity index (χ0n) is 12.6. The molecule has 2 nitrogen and oxygen atoms in total. The van der Waals surface area contributed by atoms with E-state index in [1.165, 1.54) is 6.07 Å². The molecule has 0 radical (unpaired) electrons. The van der Waals surface area contributed by atoms with Gasteiger partial charge in [-0.1, -0.05) is 13.0 Å². The van der Waals surface area contributed by atoms with E-state index in [2.05, 4.69) is 5.32 Å². The highest BCUT2D eigenvalue weighted by Crippen LogP contribution is 2.35. The highest BCUT2D eigenvalue weighted by atomic mass is 19.4. The molecule has 0 heterocycles. The van der Waals surface area contributed by atoms with Crippen molar-refractivity contribution in [2.75, 3.05) is 18.0 Å². The Bertz CT molecular complexity index is 467. The van der Waals surface area contributed by atoms with Crippen LogP contribution in [0.15, 0.2) is 18.2 Å². The number of anilines is 1. The Labute approximate surface area is 124 Å². The molecule has 21 heavy (non-hydrogen) atoms. The molecule has 1 aromatic carbocycles. The molecule has 1 aliphatic rings. The van der Waals surface area contributed by atoms with Crippen molar-refractivity contribution in [2.45, 2.75) is 51.9 Å². The van der Waals surface area contributed by atoms with E-state index in [4.69, 9.17) is 0 Å². The predicted molar refractivity (Wildman–Crippen MR) is 79.5 cm³/mol. The minimum atomic E-state index is -4.30. The lowest BCUT2D eigenvalue weighted by molar-refractivity contribution is -0.138. The standard InChI is InChI=1S/C16H23F3N2/c1-3-9-21(4-2)14-8-5-12(11-20-13-6-7-13)15(10-14)16(17,18)19/h5,8,10,13,20H,3-4,6-7,9,11H2,1-2H3. The van der Waals surface area contributed by atoms with Crippen LogP contribution < -0.4 is 10.2 Å². The summed E-state index contributed by atoms with van der Waals surface area (Å²) in [5.74, 6) is 0. The number of rotatable bonds is 7. The van der Waals surface area contributed by atoms with Crippen molar-refractivity contribution in [3.8, 4) is 0 Å². The summed E-state index contributed by atoms with van der Waals surface area (Å²) in [4.78, 5) is 1.98. The van der Waals surface area contributed by atoms with Crippen molar-refractivity contribution in [3.63, 3.8) is 0 Å². The van der Waals surface area contributed by atoms with Gasteiger partial charge < -0.3 is 10.2 Å². The average molecular weight is 300 g/mol. The normalized spacial score (nSPS) is 15.3. The molecular weight excluding hydrogens is 277 g/mol. The van der Waals surface area contributed by atoms with Crippen LogP contribution in [0.3, 0.4) is 0 Å². The largest absolute Gasteiger partial charge is 0.416 e. The molecule has 2 rings (SSSR count). The van der Waals surface area contributed by atoms with E-state index in [0.717, 1.165) is 25.8 Å². The summed E-state index contributed by atoms with van der Waals surface area (Å²) >= 11 is 0. The summed E-state index contributed by atoms with van der Waals surface area (Å²) in [6.45, 7) is 5.77. The van der Waals surface area contributed by atoms with Gasteiger partial charge in [0.15, 0.2) is 0 Å². The summed E-state index contributed by atoms with van der Waals surface area (Å²) < 4.78 is 39.8. The molecule has 5 heteroatoms. The Morgan fingerprint density at radius 1 is 1.24 bits per heavy atom. The third kappa shape index (κ3) is 4.37. The van der Waals surface area contributed by atoms with Crippen LogP contribution in [-0.4, -0.2) is 19.1 Å². The summed E-state index contributed by atoms with van der Waals surface area (Å²) in [7, 11) is 0. The predicted octanol–water partition coefficient (Wildman–Crippen LogP) is 4.19. The molecule has 0 unspecified atom stereocenters. The summed E-state index contributed by atoms with van der Waals surface area (Å²) in [5.41, 5.74) is 0.482. The molecule has 1 N–H and O–H groups in total. The third-order valence-corrected chi connectivity index (χ3v) is 3.80. The van der Waals surface area contributed by atoms with E-state index in [-0.39, 0.29) is 0 Å². The zero-order valence-corrected chi connectivity index (χ0v) is 12.6. The monoisotopic (exact) mass is 300 g/mol. The number of alkyl halides is 3. The Morgan fingerprint density at radius 3 is 2.48 bits per heavy atom. The molecular formula is C16H23F3N2. The Morgan fingerprint density at radius 2 is 1.95 bits per heavy atom. The molecule has 118 valence electrons. The quantitative estimate of drug-likeness (QED) is 0.812. The smallest absolute Gasteiger partial charge is 0.372 e. The highest BCUT2D eigenvalue weighted by Gasteiger charge is 2.34. The summed E-state index contributed by atoms with van der Waals surface area (Å²) in [6.07, 6.45) is -1.25. The molecule has 0 aliphatic heterocycles. The van der Waals surface area contributed by atoms with Gasteiger partial charge in [-0.25, -0.2) is 0 Å². The van der Waals surface area contributed by atoms with Gasteiger partial charge in [0.2, 0.25) is 0 Å². The van der Waals surface area contributed by atoms with Gasteiger partial charge in [-0.2, -0.15) is 13.2 Å². The highest BCUT2D eigenvalue weighted by molar-refractivity contribution is 5.52. The van der Waals surface area contributed by atoms with Crippen LogP contribution in [0.5, 0.6) is 0 Å². The summed E-state index contributed by atoms with van der Waals surface area (Å²) in [6, 6.07) is 5.12. The molecule has 1 aliphatic carbocycles. The topological polar surface area (TPSA) is 15.3 Å². The molecule has 0 aromatic heterocycles. The molecule has 0 amide bonds. The summed E-state index contributed by atoms with van der Waals surface area (Å²) in [5, 5.41) is 3.16. The van der Waals surface area contributed by atoms with E-state index in [9.17, 15) is 13.2 Å². The van der Waals surface area contributed by atoms with Crippen molar-refractivity contribution in [1.29, 1.82) is 0 Å². The van der Waals surface area contributed by atoms with Gasteiger partial charge >= 0.3 is 6.18 Å². The van der Waals surface area contributed by atoms with Crippen LogP contribution in [0.1, 0.15) is 44.2 Å². The SMILES string of the molecule is CCCN(CC)c1ccc(CNC2CC2)c(C(F)(F)F)c1. The Kier molecular flexibility index (Phi) is 5.14. The van der Waals surface area contributed by atoms with E-state index >= 15 is 0 Å². The fourth-order valence-corrected chi connectivity index (χ4v) is 2.46. The molecule has 1 aromatic rings. The first kappa shape index (κ1) is 16.1. The van der Waals surface area contributed by atoms with Crippen LogP contribution in [0.25, 0.3) is 0 Å². The van der Waals surface area contributed by atoms with Crippen LogP contribution >= 0.6 is 0 Å². The minimum absolute atomic E-state index is 0.291. The van der Waals surface area contributed by atoms with Crippen LogP contribution in [0.4, 0.5) is 18.9 Å². The number of hydrogen-bond donors (Lipinski definition) is 1. The van der Waals surface area contributed by atoms with Crippen molar-refractivity contribution in [2.24, 2.45) is 0 Å². The number of benzene rings is 1. The minimum Gasteiger partial charge on any atom is -0.372 e. The number of hydrogen-bond acceptors (Lipinski definition) is 2. The van der Waals surface area contributed by atoms with Gasteiger partial charge in [0, 0.05) is 31.4 Å². The maximum atomic E-state index is 13.3. The van der Waals surface area contributed by atoms with Gasteiger partial charge in [0.25, 0.3) is 0 Å². The molecule has 1 fully saturated rings. The third-order valence-electron chi connectivity index (χ3n) is 3.80. The maximum absolute atomic E-state index is 13.3. The Hall–Kier alpha value is -1.23. The van der Waals surface area contributed by atoms with Gasteiger partial charge in [-0.05, 0) is 43.9 Å². The number of halogens is 3. The second-order valence-corrected chi connectivity index (χ2v) is 5.57. The number of nitrogens with one attached hydrogen (secondary N) is 1. The van der Waals surface area contributed by atoms with Gasteiger partial charge in [-0.3, -0.25) is 0 Å². The van der Waals surface area contributed by atoms with Gasteiger partial charge in [-0.15, -0.1) is 0 Å².